The van der Waals surface area contributed by atoms with Gasteiger partial charge in [-0.2, -0.15) is 0 Å². The van der Waals surface area contributed by atoms with E-state index in [0.29, 0.717) is 25.2 Å². The molecule has 18 heavy (non-hydrogen) atoms. The van der Waals surface area contributed by atoms with Crippen LogP contribution in [-0.2, 0) is 11.3 Å². The normalized spacial score (nSPS) is 16.4. The first-order chi connectivity index (χ1) is 8.56. The van der Waals surface area contributed by atoms with Crippen LogP contribution >= 0.6 is 0 Å². The fourth-order valence-electron chi connectivity index (χ4n) is 1.92. The first kappa shape index (κ1) is 12.5. The van der Waals surface area contributed by atoms with Gasteiger partial charge in [-0.1, -0.05) is 6.07 Å². The molecule has 0 spiro atoms. The summed E-state index contributed by atoms with van der Waals surface area (Å²) in [5.41, 5.74) is 0.322. The van der Waals surface area contributed by atoms with Crippen molar-refractivity contribution in [2.75, 3.05) is 19.6 Å². The van der Waals surface area contributed by atoms with Crippen molar-refractivity contribution in [3.8, 4) is 0 Å². The average Bonchev–Trinajstić information content (AvgIpc) is 2.28. The van der Waals surface area contributed by atoms with E-state index in [-0.39, 0.29) is 18.0 Å². The number of amides is 1. The van der Waals surface area contributed by atoms with Gasteiger partial charge < -0.3 is 10.4 Å². The van der Waals surface area contributed by atoms with Gasteiger partial charge >= 0.3 is 5.97 Å². The van der Waals surface area contributed by atoms with Crippen LogP contribution in [0.2, 0.25) is 0 Å². The number of nitrogens with zero attached hydrogens (tertiary/aromatic N) is 1. The molecule has 1 fully saturated rings. The first-order valence-electron chi connectivity index (χ1n) is 5.57. The van der Waals surface area contributed by atoms with Crippen LogP contribution in [0.25, 0.3) is 0 Å². The van der Waals surface area contributed by atoms with Crippen LogP contribution < -0.4 is 5.32 Å². The quantitative estimate of drug-likeness (QED) is 0.819. The molecule has 2 rings (SSSR count). The zero-order valence-electron chi connectivity index (χ0n) is 9.65. The van der Waals surface area contributed by atoms with Crippen molar-refractivity contribution in [2.24, 2.45) is 0 Å². The lowest BCUT2D eigenvalue weighted by atomic mass is 10.1. The molecule has 0 aliphatic carbocycles. The highest BCUT2D eigenvalue weighted by atomic mass is 19.1. The van der Waals surface area contributed by atoms with E-state index >= 15 is 0 Å². The number of rotatable bonds is 3. The van der Waals surface area contributed by atoms with Gasteiger partial charge in [0, 0.05) is 19.6 Å². The van der Waals surface area contributed by atoms with Crippen molar-refractivity contribution in [3.63, 3.8) is 0 Å². The number of carboxylic acid groups (broad SMARTS) is 1. The second kappa shape index (κ2) is 5.14. The summed E-state index contributed by atoms with van der Waals surface area (Å²) in [6.07, 6.45) is 0. The summed E-state index contributed by atoms with van der Waals surface area (Å²) in [7, 11) is 0. The predicted octanol–water partition coefficient (Wildman–Crippen LogP) is 0.456. The summed E-state index contributed by atoms with van der Waals surface area (Å²) in [6, 6.07) is 4.02. The van der Waals surface area contributed by atoms with Gasteiger partial charge in [-0.25, -0.2) is 9.18 Å². The second-order valence-corrected chi connectivity index (χ2v) is 4.18. The zero-order chi connectivity index (χ0) is 13.1. The number of carbonyl (C=O) groups is 2. The van der Waals surface area contributed by atoms with Crippen molar-refractivity contribution in [2.45, 2.75) is 6.54 Å². The molecule has 1 saturated heterocycles. The molecule has 0 bridgehead atoms. The van der Waals surface area contributed by atoms with Crippen molar-refractivity contribution < 1.29 is 19.1 Å². The Morgan fingerprint density at radius 2 is 2.28 bits per heavy atom. The predicted molar refractivity (Wildman–Crippen MR) is 61.6 cm³/mol. The highest BCUT2D eigenvalue weighted by Gasteiger charge is 2.17. The molecule has 1 aromatic rings. The van der Waals surface area contributed by atoms with Gasteiger partial charge in [0.2, 0.25) is 5.91 Å². The summed E-state index contributed by atoms with van der Waals surface area (Å²) in [5.74, 6) is -2.08. The lowest BCUT2D eigenvalue weighted by Gasteiger charge is -2.26. The molecule has 5 nitrogen and oxygen atoms in total. The Morgan fingerprint density at radius 3 is 2.89 bits per heavy atom. The largest absolute Gasteiger partial charge is 0.478 e. The van der Waals surface area contributed by atoms with Gasteiger partial charge in [-0.05, 0) is 17.7 Å². The number of hydrogen-bond donors (Lipinski definition) is 2. The summed E-state index contributed by atoms with van der Waals surface area (Å²) in [4.78, 5) is 23.7. The maximum absolute atomic E-state index is 13.5. The summed E-state index contributed by atoms with van der Waals surface area (Å²) in [6.45, 7) is 2.00. The fraction of sp³-hybridized carbons (Fsp3) is 0.333. The van der Waals surface area contributed by atoms with E-state index < -0.39 is 11.8 Å². The van der Waals surface area contributed by atoms with Crippen LogP contribution in [0.4, 0.5) is 4.39 Å². The van der Waals surface area contributed by atoms with Crippen LogP contribution in [0.1, 0.15) is 15.9 Å². The summed E-state index contributed by atoms with van der Waals surface area (Å²) < 4.78 is 13.5. The minimum Gasteiger partial charge on any atom is -0.478 e. The third-order valence-electron chi connectivity index (χ3n) is 2.79. The summed E-state index contributed by atoms with van der Waals surface area (Å²) >= 11 is 0. The highest BCUT2D eigenvalue weighted by Crippen LogP contribution is 2.13. The molecule has 0 radical (unpaired) electrons. The Bertz CT molecular complexity index is 490. The number of nitrogens with one attached hydrogen (secondary N) is 1. The Hall–Kier alpha value is -1.95. The van der Waals surface area contributed by atoms with E-state index in [9.17, 15) is 14.0 Å². The molecule has 0 unspecified atom stereocenters. The Morgan fingerprint density at radius 1 is 1.50 bits per heavy atom. The maximum Gasteiger partial charge on any atom is 0.338 e. The smallest absolute Gasteiger partial charge is 0.338 e. The third-order valence-corrected chi connectivity index (χ3v) is 2.79. The lowest BCUT2D eigenvalue weighted by Crippen LogP contribution is -2.47. The van der Waals surface area contributed by atoms with Crippen molar-refractivity contribution in [3.05, 3.63) is 35.1 Å². The molecule has 0 saturated carbocycles. The molecule has 0 atom stereocenters. The number of piperazine rings is 1. The van der Waals surface area contributed by atoms with Crippen LogP contribution in [0.5, 0.6) is 0 Å². The average molecular weight is 252 g/mol. The van der Waals surface area contributed by atoms with Gasteiger partial charge in [0.25, 0.3) is 0 Å². The molecule has 1 aromatic carbocycles. The van der Waals surface area contributed by atoms with E-state index in [1.54, 1.807) is 6.07 Å². The maximum atomic E-state index is 13.5. The minimum absolute atomic E-state index is 0.0520. The van der Waals surface area contributed by atoms with Crippen LogP contribution in [-0.4, -0.2) is 41.5 Å². The molecule has 1 heterocycles. The van der Waals surface area contributed by atoms with Gasteiger partial charge in [0.05, 0.1) is 12.1 Å². The van der Waals surface area contributed by atoms with Gasteiger partial charge in [0.1, 0.15) is 5.82 Å². The van der Waals surface area contributed by atoms with Crippen LogP contribution in [0, 0.1) is 5.82 Å². The third kappa shape index (κ3) is 2.84. The number of carbonyl (C=O) groups excluding carboxylic acids is 1. The number of halogens is 1. The standard InChI is InChI=1S/C12H13FN2O3/c13-10-5-8(1-2-9(10)12(17)18)6-15-4-3-14-11(16)7-15/h1-2,5H,3-4,6-7H2,(H,14,16)(H,17,18). The number of benzene rings is 1. The topological polar surface area (TPSA) is 69.6 Å². The Balaban J connectivity index is 2.08. The first-order valence-corrected chi connectivity index (χ1v) is 5.57. The van der Waals surface area contributed by atoms with Crippen molar-refractivity contribution >= 4 is 11.9 Å². The molecule has 2 N–H and O–H groups in total. The van der Waals surface area contributed by atoms with Crippen LogP contribution in [0.15, 0.2) is 18.2 Å². The number of aromatic carboxylic acids is 1. The molecule has 0 aromatic heterocycles. The molecule has 6 heteroatoms. The van der Waals surface area contributed by atoms with Gasteiger partial charge in [-0.3, -0.25) is 9.69 Å². The molecule has 96 valence electrons. The minimum atomic E-state index is -1.28. The molecular formula is C12H13FN2O3. The van der Waals surface area contributed by atoms with Gasteiger partial charge in [-0.15, -0.1) is 0 Å². The van der Waals surface area contributed by atoms with E-state index in [1.807, 2.05) is 4.90 Å². The molecule has 1 aliphatic rings. The number of carboxylic acids is 1. The van der Waals surface area contributed by atoms with E-state index in [0.717, 1.165) is 0 Å². The lowest BCUT2D eigenvalue weighted by molar-refractivity contribution is -0.124. The SMILES string of the molecule is O=C1CN(Cc2ccc(C(=O)O)c(F)c2)CCN1. The summed E-state index contributed by atoms with van der Waals surface area (Å²) in [5, 5.41) is 11.4. The monoisotopic (exact) mass is 252 g/mol. The number of hydrogen-bond acceptors (Lipinski definition) is 3. The Labute approximate surface area is 103 Å². The van der Waals surface area contributed by atoms with E-state index in [2.05, 4.69) is 5.32 Å². The van der Waals surface area contributed by atoms with Crippen molar-refractivity contribution in [1.29, 1.82) is 0 Å². The Kier molecular flexibility index (Phi) is 3.57. The fourth-order valence-corrected chi connectivity index (χ4v) is 1.92. The molecule has 1 amide bonds. The van der Waals surface area contributed by atoms with Crippen molar-refractivity contribution in [1.82, 2.24) is 10.2 Å². The molecule has 1 aliphatic heterocycles. The van der Waals surface area contributed by atoms with E-state index in [1.165, 1.54) is 12.1 Å². The zero-order valence-corrected chi connectivity index (χ0v) is 9.65. The highest BCUT2D eigenvalue weighted by molar-refractivity contribution is 5.87. The van der Waals surface area contributed by atoms with Gasteiger partial charge in [0.15, 0.2) is 0 Å². The van der Waals surface area contributed by atoms with E-state index in [4.69, 9.17) is 5.11 Å². The van der Waals surface area contributed by atoms with Crippen LogP contribution in [0.3, 0.4) is 0 Å². The molecular weight excluding hydrogens is 239 g/mol. The second-order valence-electron chi connectivity index (χ2n) is 4.18.